The van der Waals surface area contributed by atoms with Crippen molar-refractivity contribution in [2.45, 2.75) is 18.8 Å². The molecule has 1 amide bonds. The van der Waals surface area contributed by atoms with E-state index in [0.29, 0.717) is 12.5 Å². The van der Waals surface area contributed by atoms with Gasteiger partial charge in [0, 0.05) is 19.0 Å². The highest BCUT2D eigenvalue weighted by Gasteiger charge is 2.20. The SMILES string of the molecule is C=C/C=C\C=C/CC(CN1CCCNCC1=O)c1ccccc1. The summed E-state index contributed by atoms with van der Waals surface area (Å²) in [6.45, 7) is 6.66. The lowest BCUT2D eigenvalue weighted by Gasteiger charge is -2.26. The summed E-state index contributed by atoms with van der Waals surface area (Å²) in [5, 5.41) is 3.18. The molecule has 1 aromatic rings. The lowest BCUT2D eigenvalue weighted by atomic mass is 9.94. The Hall–Kier alpha value is -2.13. The van der Waals surface area contributed by atoms with Gasteiger partial charge in [0.1, 0.15) is 0 Å². The minimum absolute atomic E-state index is 0.207. The van der Waals surface area contributed by atoms with E-state index in [1.807, 2.05) is 29.2 Å². The van der Waals surface area contributed by atoms with Crippen LogP contribution in [0.1, 0.15) is 24.3 Å². The smallest absolute Gasteiger partial charge is 0.236 e. The van der Waals surface area contributed by atoms with Crippen molar-refractivity contribution in [1.29, 1.82) is 0 Å². The molecule has 0 bridgehead atoms. The van der Waals surface area contributed by atoms with Gasteiger partial charge in [0.25, 0.3) is 0 Å². The molecule has 0 aliphatic carbocycles. The average Bonchev–Trinajstić information content (AvgIpc) is 2.79. The Morgan fingerprint density at radius 1 is 1.22 bits per heavy atom. The number of allylic oxidation sites excluding steroid dienone is 5. The van der Waals surface area contributed by atoms with E-state index >= 15 is 0 Å². The number of amides is 1. The van der Waals surface area contributed by atoms with Crippen molar-refractivity contribution in [2.24, 2.45) is 0 Å². The molecule has 3 nitrogen and oxygen atoms in total. The molecule has 1 aliphatic heterocycles. The van der Waals surface area contributed by atoms with Crippen LogP contribution < -0.4 is 5.32 Å². The number of benzene rings is 1. The van der Waals surface area contributed by atoms with Crippen LogP contribution in [0.5, 0.6) is 0 Å². The molecule has 1 N–H and O–H groups in total. The number of nitrogens with one attached hydrogen (secondary N) is 1. The molecule has 0 aromatic heterocycles. The third kappa shape index (κ3) is 5.87. The van der Waals surface area contributed by atoms with E-state index < -0.39 is 0 Å². The minimum Gasteiger partial charge on any atom is -0.341 e. The maximum Gasteiger partial charge on any atom is 0.236 e. The molecule has 2 rings (SSSR count). The fourth-order valence-corrected chi connectivity index (χ4v) is 2.79. The van der Waals surface area contributed by atoms with Crippen LogP contribution in [-0.2, 0) is 4.79 Å². The fourth-order valence-electron chi connectivity index (χ4n) is 2.79. The van der Waals surface area contributed by atoms with Crippen LogP contribution in [0.25, 0.3) is 0 Å². The van der Waals surface area contributed by atoms with Crippen molar-refractivity contribution < 1.29 is 4.79 Å². The Morgan fingerprint density at radius 3 is 2.83 bits per heavy atom. The Balaban J connectivity index is 2.06. The lowest BCUT2D eigenvalue weighted by Crippen LogP contribution is -2.37. The number of rotatable bonds is 7. The van der Waals surface area contributed by atoms with Crippen LogP contribution in [0.2, 0.25) is 0 Å². The van der Waals surface area contributed by atoms with Gasteiger partial charge in [0.15, 0.2) is 0 Å². The summed E-state index contributed by atoms with van der Waals surface area (Å²) in [6, 6.07) is 10.5. The highest BCUT2D eigenvalue weighted by atomic mass is 16.2. The van der Waals surface area contributed by atoms with E-state index in [1.54, 1.807) is 6.08 Å². The van der Waals surface area contributed by atoms with Gasteiger partial charge in [-0.3, -0.25) is 4.79 Å². The molecular weight excluding hydrogens is 284 g/mol. The molecular formula is C20H26N2O. The summed E-state index contributed by atoms with van der Waals surface area (Å²) < 4.78 is 0. The van der Waals surface area contributed by atoms with Crippen LogP contribution in [0.3, 0.4) is 0 Å². The van der Waals surface area contributed by atoms with Gasteiger partial charge in [0.05, 0.1) is 6.54 Å². The standard InChI is InChI=1S/C20H26N2O/c1-2-3-4-5-7-13-19(18-11-8-6-9-12-18)17-22-15-10-14-21-16-20(22)23/h2-9,11-12,19,21H,1,10,13-17H2/b4-3-,7-5-. The number of carbonyl (C=O) groups is 1. The molecule has 1 heterocycles. The maximum atomic E-state index is 12.2. The van der Waals surface area contributed by atoms with Crippen LogP contribution in [0.15, 0.2) is 67.3 Å². The second kappa shape index (κ2) is 9.80. The predicted molar refractivity (Wildman–Crippen MR) is 96.3 cm³/mol. The number of nitrogens with zero attached hydrogens (tertiary/aromatic N) is 1. The highest BCUT2D eigenvalue weighted by Crippen LogP contribution is 2.22. The Bertz CT molecular complexity index is 548. The number of carbonyl (C=O) groups excluding carboxylic acids is 1. The minimum atomic E-state index is 0.207. The Morgan fingerprint density at radius 2 is 2.04 bits per heavy atom. The normalized spacial score (nSPS) is 17.6. The summed E-state index contributed by atoms with van der Waals surface area (Å²) in [4.78, 5) is 14.2. The zero-order valence-electron chi connectivity index (χ0n) is 13.7. The van der Waals surface area contributed by atoms with Gasteiger partial charge in [-0.15, -0.1) is 0 Å². The van der Waals surface area contributed by atoms with Gasteiger partial charge in [-0.1, -0.05) is 67.3 Å². The molecule has 1 fully saturated rings. The molecule has 1 atom stereocenters. The molecule has 0 radical (unpaired) electrons. The van der Waals surface area contributed by atoms with Crippen molar-refractivity contribution in [3.05, 3.63) is 72.9 Å². The van der Waals surface area contributed by atoms with Gasteiger partial charge < -0.3 is 10.2 Å². The molecule has 1 unspecified atom stereocenters. The molecule has 0 spiro atoms. The first kappa shape index (κ1) is 17.2. The number of hydrogen-bond acceptors (Lipinski definition) is 2. The third-order valence-corrected chi connectivity index (χ3v) is 4.04. The third-order valence-electron chi connectivity index (χ3n) is 4.04. The molecule has 122 valence electrons. The first-order valence-electron chi connectivity index (χ1n) is 8.29. The molecule has 23 heavy (non-hydrogen) atoms. The van der Waals surface area contributed by atoms with E-state index in [1.165, 1.54) is 5.56 Å². The van der Waals surface area contributed by atoms with Gasteiger partial charge in [-0.2, -0.15) is 0 Å². The summed E-state index contributed by atoms with van der Waals surface area (Å²) in [7, 11) is 0. The summed E-state index contributed by atoms with van der Waals surface area (Å²) in [5.41, 5.74) is 1.29. The van der Waals surface area contributed by atoms with E-state index in [4.69, 9.17) is 0 Å². The number of hydrogen-bond donors (Lipinski definition) is 1. The maximum absolute atomic E-state index is 12.2. The Labute approximate surface area is 139 Å². The van der Waals surface area contributed by atoms with Crippen LogP contribution in [-0.4, -0.2) is 37.0 Å². The van der Waals surface area contributed by atoms with E-state index in [-0.39, 0.29) is 5.91 Å². The molecule has 1 aromatic carbocycles. The molecule has 3 heteroatoms. The average molecular weight is 310 g/mol. The van der Waals surface area contributed by atoms with Crippen LogP contribution in [0.4, 0.5) is 0 Å². The first-order chi connectivity index (χ1) is 11.3. The van der Waals surface area contributed by atoms with Gasteiger partial charge in [-0.05, 0) is 24.9 Å². The lowest BCUT2D eigenvalue weighted by molar-refractivity contribution is -0.129. The monoisotopic (exact) mass is 310 g/mol. The van der Waals surface area contributed by atoms with Crippen molar-refractivity contribution in [3.8, 4) is 0 Å². The van der Waals surface area contributed by atoms with Crippen molar-refractivity contribution >= 4 is 5.91 Å². The van der Waals surface area contributed by atoms with Gasteiger partial charge in [0.2, 0.25) is 5.91 Å². The topological polar surface area (TPSA) is 32.3 Å². The van der Waals surface area contributed by atoms with Crippen molar-refractivity contribution in [1.82, 2.24) is 10.2 Å². The highest BCUT2D eigenvalue weighted by molar-refractivity contribution is 5.78. The quantitative estimate of drug-likeness (QED) is 0.784. The largest absolute Gasteiger partial charge is 0.341 e. The van der Waals surface area contributed by atoms with Crippen LogP contribution in [0, 0.1) is 0 Å². The van der Waals surface area contributed by atoms with E-state index in [2.05, 4.69) is 42.2 Å². The second-order valence-electron chi connectivity index (χ2n) is 5.76. The van der Waals surface area contributed by atoms with Crippen LogP contribution >= 0.6 is 0 Å². The molecule has 1 saturated heterocycles. The zero-order valence-corrected chi connectivity index (χ0v) is 13.7. The fraction of sp³-hybridized carbons (Fsp3) is 0.350. The summed E-state index contributed by atoms with van der Waals surface area (Å²) in [5.74, 6) is 0.533. The first-order valence-corrected chi connectivity index (χ1v) is 8.29. The summed E-state index contributed by atoms with van der Waals surface area (Å²) >= 11 is 0. The molecule has 0 saturated carbocycles. The molecule has 1 aliphatic rings. The van der Waals surface area contributed by atoms with E-state index in [9.17, 15) is 4.79 Å². The van der Waals surface area contributed by atoms with Gasteiger partial charge in [-0.25, -0.2) is 0 Å². The zero-order chi connectivity index (χ0) is 16.3. The van der Waals surface area contributed by atoms with Crippen molar-refractivity contribution in [3.63, 3.8) is 0 Å². The predicted octanol–water partition coefficient (Wildman–Crippen LogP) is 3.28. The second-order valence-corrected chi connectivity index (χ2v) is 5.76. The summed E-state index contributed by atoms with van der Waals surface area (Å²) in [6.07, 6.45) is 11.8. The van der Waals surface area contributed by atoms with Gasteiger partial charge >= 0.3 is 0 Å². The van der Waals surface area contributed by atoms with E-state index in [0.717, 1.165) is 32.5 Å². The Kier molecular flexibility index (Phi) is 7.34. The van der Waals surface area contributed by atoms with Crippen molar-refractivity contribution in [2.75, 3.05) is 26.2 Å².